The summed E-state index contributed by atoms with van der Waals surface area (Å²) in [6.07, 6.45) is 5.43. The predicted molar refractivity (Wildman–Crippen MR) is 115 cm³/mol. The van der Waals surface area contributed by atoms with E-state index in [-0.39, 0.29) is 0 Å². The topological polar surface area (TPSA) is 65.6 Å². The van der Waals surface area contributed by atoms with Crippen LogP contribution in [0.25, 0.3) is 22.2 Å². The minimum Gasteiger partial charge on any atom is -0.367 e. The maximum atomic E-state index is 4.74. The molecule has 28 heavy (non-hydrogen) atoms. The summed E-state index contributed by atoms with van der Waals surface area (Å²) in [5.41, 5.74) is 4.52. The predicted octanol–water partition coefficient (Wildman–Crippen LogP) is 4.85. The average molecular weight is 369 g/mol. The molecule has 2 heterocycles. The highest BCUT2D eigenvalue weighted by atomic mass is 15.2. The van der Waals surface area contributed by atoms with Crippen LogP contribution < -0.4 is 10.6 Å². The fourth-order valence-corrected chi connectivity index (χ4v) is 3.44. The van der Waals surface area contributed by atoms with Crippen molar-refractivity contribution in [3.63, 3.8) is 0 Å². The molecule has 0 saturated heterocycles. The Bertz CT molecular complexity index is 1080. The number of nitrogens with zero attached hydrogens (tertiary/aromatic N) is 2. The first-order chi connectivity index (χ1) is 13.8. The van der Waals surface area contributed by atoms with Crippen molar-refractivity contribution in [2.75, 3.05) is 17.2 Å². The summed E-state index contributed by atoms with van der Waals surface area (Å²) >= 11 is 0. The van der Waals surface area contributed by atoms with Crippen molar-refractivity contribution >= 4 is 22.7 Å². The van der Waals surface area contributed by atoms with Crippen LogP contribution in [0.5, 0.6) is 0 Å². The van der Waals surface area contributed by atoms with Crippen molar-refractivity contribution in [2.24, 2.45) is 0 Å². The van der Waals surface area contributed by atoms with E-state index in [2.05, 4.69) is 63.2 Å². The van der Waals surface area contributed by atoms with Gasteiger partial charge in [-0.15, -0.1) is 0 Å². The maximum absolute atomic E-state index is 4.74. The number of fused-ring (bicyclic) bond motifs is 1. The van der Waals surface area contributed by atoms with Crippen molar-refractivity contribution in [1.82, 2.24) is 15.0 Å². The van der Waals surface area contributed by atoms with Gasteiger partial charge < -0.3 is 15.6 Å². The van der Waals surface area contributed by atoms with Crippen molar-refractivity contribution < 1.29 is 0 Å². The highest BCUT2D eigenvalue weighted by molar-refractivity contribution is 5.83. The zero-order valence-electron chi connectivity index (χ0n) is 15.7. The average Bonchev–Trinajstić information content (AvgIpc) is 3.46. The number of para-hydroxylation sites is 1. The number of aromatic nitrogens is 3. The molecule has 0 atom stereocenters. The van der Waals surface area contributed by atoms with Crippen molar-refractivity contribution in [3.05, 3.63) is 72.4 Å². The van der Waals surface area contributed by atoms with Crippen molar-refractivity contribution in [1.29, 1.82) is 0 Å². The van der Waals surface area contributed by atoms with Crippen LogP contribution in [0, 0.1) is 0 Å². The lowest BCUT2D eigenvalue weighted by Gasteiger charge is -2.11. The summed E-state index contributed by atoms with van der Waals surface area (Å²) in [7, 11) is 0. The van der Waals surface area contributed by atoms with Gasteiger partial charge in [0.05, 0.1) is 5.69 Å². The van der Waals surface area contributed by atoms with Gasteiger partial charge in [-0.05, 0) is 30.9 Å². The molecule has 1 aliphatic rings. The number of hydrogen-bond acceptors (Lipinski definition) is 4. The molecular formula is C23H23N5. The van der Waals surface area contributed by atoms with E-state index in [4.69, 9.17) is 4.98 Å². The summed E-state index contributed by atoms with van der Waals surface area (Å²) < 4.78 is 0. The highest BCUT2D eigenvalue weighted by Gasteiger charge is 2.22. The summed E-state index contributed by atoms with van der Waals surface area (Å²) in [6.45, 7) is 0.781. The van der Waals surface area contributed by atoms with Gasteiger partial charge in [0.15, 0.2) is 0 Å². The van der Waals surface area contributed by atoms with Crippen LogP contribution in [-0.4, -0.2) is 27.5 Å². The molecule has 2 aromatic carbocycles. The number of nitrogens with one attached hydrogen (secondary N) is 3. The van der Waals surface area contributed by atoms with Gasteiger partial charge in [-0.2, -0.15) is 4.98 Å². The van der Waals surface area contributed by atoms with Gasteiger partial charge in [0.1, 0.15) is 5.82 Å². The largest absolute Gasteiger partial charge is 0.367 e. The van der Waals surface area contributed by atoms with Crippen molar-refractivity contribution in [2.45, 2.75) is 25.3 Å². The summed E-state index contributed by atoms with van der Waals surface area (Å²) in [4.78, 5) is 12.8. The number of H-pyrrole nitrogens is 1. The Labute approximate surface area is 164 Å². The Kier molecular flexibility index (Phi) is 4.41. The van der Waals surface area contributed by atoms with E-state index in [9.17, 15) is 0 Å². The van der Waals surface area contributed by atoms with Crippen molar-refractivity contribution in [3.8, 4) is 11.3 Å². The second-order valence-electron chi connectivity index (χ2n) is 7.28. The van der Waals surface area contributed by atoms with Gasteiger partial charge in [0.2, 0.25) is 5.95 Å². The SMILES string of the molecule is c1ccc(-c2cc(NC3CC3)nc(NCCc3c[nH]c4ccccc34)n2)cc1. The zero-order valence-corrected chi connectivity index (χ0v) is 15.7. The molecule has 0 unspecified atom stereocenters. The van der Waals surface area contributed by atoms with Gasteiger partial charge in [0.25, 0.3) is 0 Å². The Balaban J connectivity index is 1.34. The Morgan fingerprint density at radius 1 is 0.964 bits per heavy atom. The molecule has 0 amide bonds. The fourth-order valence-electron chi connectivity index (χ4n) is 3.44. The quantitative estimate of drug-likeness (QED) is 0.435. The molecule has 5 nitrogen and oxygen atoms in total. The van der Waals surface area contributed by atoms with Crippen LogP contribution in [0.3, 0.4) is 0 Å². The minimum atomic E-state index is 0.553. The van der Waals surface area contributed by atoms with Gasteiger partial charge >= 0.3 is 0 Å². The van der Waals surface area contributed by atoms with Gasteiger partial charge in [-0.25, -0.2) is 4.98 Å². The van der Waals surface area contributed by atoms with E-state index in [1.54, 1.807) is 0 Å². The lowest BCUT2D eigenvalue weighted by molar-refractivity contribution is 0.986. The molecule has 2 aromatic heterocycles. The summed E-state index contributed by atoms with van der Waals surface area (Å²) in [5.74, 6) is 1.57. The fraction of sp³-hybridized carbons (Fsp3) is 0.217. The van der Waals surface area contributed by atoms with Gasteiger partial charge in [-0.3, -0.25) is 0 Å². The molecule has 3 N–H and O–H groups in total. The van der Waals surface area contributed by atoms with E-state index >= 15 is 0 Å². The summed E-state index contributed by atoms with van der Waals surface area (Å²) in [5, 5.41) is 8.19. The minimum absolute atomic E-state index is 0.553. The van der Waals surface area contributed by atoms with Gasteiger partial charge in [-0.1, -0.05) is 48.5 Å². The molecule has 0 radical (unpaired) electrons. The third kappa shape index (κ3) is 3.69. The molecule has 1 saturated carbocycles. The molecule has 0 aliphatic heterocycles. The van der Waals surface area contributed by atoms with E-state index in [1.807, 2.05) is 24.3 Å². The lowest BCUT2D eigenvalue weighted by Crippen LogP contribution is -2.11. The Morgan fingerprint density at radius 2 is 1.79 bits per heavy atom. The zero-order chi connectivity index (χ0) is 18.8. The monoisotopic (exact) mass is 369 g/mol. The van der Waals surface area contributed by atoms with E-state index in [0.717, 1.165) is 30.0 Å². The Hall–Kier alpha value is -3.34. The smallest absolute Gasteiger partial charge is 0.225 e. The number of aromatic amines is 1. The number of anilines is 2. The molecule has 5 rings (SSSR count). The first-order valence-corrected chi connectivity index (χ1v) is 9.85. The first kappa shape index (κ1) is 16.8. The molecule has 0 spiro atoms. The molecule has 140 valence electrons. The lowest BCUT2D eigenvalue weighted by atomic mass is 10.1. The number of benzene rings is 2. The number of rotatable bonds is 7. The van der Waals surface area contributed by atoms with Crippen LogP contribution in [0.1, 0.15) is 18.4 Å². The van der Waals surface area contributed by atoms with Gasteiger partial charge in [0, 0.05) is 41.3 Å². The summed E-state index contributed by atoms with van der Waals surface area (Å²) in [6, 6.07) is 21.3. The second kappa shape index (κ2) is 7.35. The maximum Gasteiger partial charge on any atom is 0.225 e. The van der Waals surface area contributed by atoms with E-state index in [1.165, 1.54) is 29.3 Å². The molecule has 1 fully saturated rings. The van der Waals surface area contributed by atoms with E-state index < -0.39 is 0 Å². The molecule has 1 aliphatic carbocycles. The second-order valence-corrected chi connectivity index (χ2v) is 7.28. The third-order valence-corrected chi connectivity index (χ3v) is 5.08. The first-order valence-electron chi connectivity index (χ1n) is 9.85. The van der Waals surface area contributed by atoms with Crippen LogP contribution in [0.15, 0.2) is 66.9 Å². The molecular weight excluding hydrogens is 346 g/mol. The van der Waals surface area contributed by atoms with Crippen LogP contribution >= 0.6 is 0 Å². The molecule has 4 aromatic rings. The van der Waals surface area contributed by atoms with Crippen LogP contribution in [0.4, 0.5) is 11.8 Å². The van der Waals surface area contributed by atoms with E-state index in [0.29, 0.717) is 12.0 Å². The van der Waals surface area contributed by atoms with Crippen LogP contribution in [0.2, 0.25) is 0 Å². The Morgan fingerprint density at radius 3 is 2.64 bits per heavy atom. The molecule has 5 heteroatoms. The standard InChI is InChI=1S/C23H23N5/c1-2-6-16(7-3-1)21-14-22(26-18-10-11-18)28-23(27-21)24-13-12-17-15-25-20-9-5-4-8-19(17)20/h1-9,14-15,18,25H,10-13H2,(H2,24,26,27,28). The van der Waals surface area contributed by atoms with Crippen LogP contribution in [-0.2, 0) is 6.42 Å². The highest BCUT2D eigenvalue weighted by Crippen LogP contribution is 2.27. The molecule has 0 bridgehead atoms. The third-order valence-electron chi connectivity index (χ3n) is 5.08. The normalized spacial score (nSPS) is 13.6. The number of hydrogen-bond donors (Lipinski definition) is 3.